The fraction of sp³-hybridized carbons (Fsp3) is 0. The van der Waals surface area contributed by atoms with Crippen molar-refractivity contribution in [3.63, 3.8) is 0 Å². The van der Waals surface area contributed by atoms with Crippen LogP contribution in [0.2, 0.25) is 0 Å². The van der Waals surface area contributed by atoms with Crippen molar-refractivity contribution in [1.82, 2.24) is 0 Å². The summed E-state index contributed by atoms with van der Waals surface area (Å²) in [5, 5.41) is 19.9. The highest BCUT2D eigenvalue weighted by atomic mass is 79.9. The first-order chi connectivity index (χ1) is 29.0. The summed E-state index contributed by atoms with van der Waals surface area (Å²) in [5.41, 5.74) is 7.25. The molecule has 0 fully saturated rings. The molecule has 0 saturated heterocycles. The second-order valence-corrected chi connectivity index (χ2v) is 18.1. The van der Waals surface area contributed by atoms with Gasteiger partial charge >= 0.3 is 0 Å². The van der Waals surface area contributed by atoms with E-state index in [9.17, 15) is 0 Å². The predicted molar refractivity (Wildman–Crippen MR) is 266 cm³/mol. The van der Waals surface area contributed by atoms with Crippen LogP contribution in [0.4, 0.5) is 0 Å². The van der Waals surface area contributed by atoms with Gasteiger partial charge in [0.25, 0.3) is 0 Å². The van der Waals surface area contributed by atoms with E-state index in [2.05, 4.69) is 236 Å². The Labute approximate surface area is 366 Å². The fourth-order valence-corrected chi connectivity index (χ4v) is 11.6. The molecule has 12 aromatic carbocycles. The SMILES string of the molecule is Brc1cccc2cccc(-c3ccc4c5ccc(-c6cccc7cccc(Br)c67)cc5c5c6cc(-c7cccc8cccc(Br)c78)ccc6c6ccccc6c5c4c3)c12. The van der Waals surface area contributed by atoms with E-state index in [0.717, 1.165) is 13.4 Å². The molecule has 0 nitrogen and oxygen atoms in total. The van der Waals surface area contributed by atoms with Crippen molar-refractivity contribution in [3.05, 3.63) is 201 Å². The third-order valence-corrected chi connectivity index (χ3v) is 14.4. The van der Waals surface area contributed by atoms with Crippen LogP contribution in [0.3, 0.4) is 0 Å². The first-order valence-corrected chi connectivity index (χ1v) is 22.2. The number of hydrogen-bond donors (Lipinski definition) is 0. The normalized spacial score (nSPS) is 12.0. The summed E-state index contributed by atoms with van der Waals surface area (Å²) in [6, 6.07) is 69.7. The molecule has 0 heterocycles. The van der Waals surface area contributed by atoms with Gasteiger partial charge in [-0.25, -0.2) is 0 Å². The summed E-state index contributed by atoms with van der Waals surface area (Å²) in [7, 11) is 0. The topological polar surface area (TPSA) is 0 Å². The Morgan fingerprint density at radius 2 is 0.525 bits per heavy atom. The molecule has 0 aliphatic heterocycles. The maximum Gasteiger partial charge on any atom is 0.0259 e. The Kier molecular flexibility index (Phi) is 8.10. The van der Waals surface area contributed by atoms with Crippen LogP contribution in [-0.4, -0.2) is 0 Å². The van der Waals surface area contributed by atoms with E-state index >= 15 is 0 Å². The van der Waals surface area contributed by atoms with E-state index in [1.54, 1.807) is 0 Å². The third-order valence-electron chi connectivity index (χ3n) is 12.4. The molecule has 0 bridgehead atoms. The average molecular weight is 944 g/mol. The lowest BCUT2D eigenvalue weighted by Crippen LogP contribution is -1.91. The largest absolute Gasteiger partial charge is 0.0616 e. The van der Waals surface area contributed by atoms with E-state index in [0.29, 0.717) is 0 Å². The van der Waals surface area contributed by atoms with Gasteiger partial charge in [0.05, 0.1) is 0 Å². The van der Waals surface area contributed by atoms with Gasteiger partial charge in [0, 0.05) is 29.6 Å². The van der Waals surface area contributed by atoms with Crippen molar-refractivity contribution < 1.29 is 0 Å². The van der Waals surface area contributed by atoms with Crippen LogP contribution in [-0.2, 0) is 0 Å². The highest BCUT2D eigenvalue weighted by molar-refractivity contribution is 9.11. The van der Waals surface area contributed by atoms with Crippen molar-refractivity contribution in [1.29, 1.82) is 0 Å². The highest BCUT2D eigenvalue weighted by Crippen LogP contribution is 2.48. The molecule has 0 aromatic heterocycles. The van der Waals surface area contributed by atoms with Crippen LogP contribution < -0.4 is 0 Å². The summed E-state index contributed by atoms with van der Waals surface area (Å²) in [6.07, 6.45) is 0. The molecule has 59 heavy (non-hydrogen) atoms. The second-order valence-electron chi connectivity index (χ2n) is 15.5. The minimum absolute atomic E-state index is 1.10. The monoisotopic (exact) mass is 940 g/mol. The van der Waals surface area contributed by atoms with Gasteiger partial charge in [-0.1, -0.05) is 199 Å². The van der Waals surface area contributed by atoms with Crippen LogP contribution in [0.5, 0.6) is 0 Å². The Bertz CT molecular complexity index is 3650. The van der Waals surface area contributed by atoms with Crippen LogP contribution >= 0.6 is 47.8 Å². The lowest BCUT2D eigenvalue weighted by molar-refractivity contribution is 1.66. The predicted octanol–water partition coefficient (Wildman–Crippen LogP) is 18.2. The van der Waals surface area contributed by atoms with Gasteiger partial charge in [-0.2, -0.15) is 0 Å². The maximum absolute atomic E-state index is 3.92. The number of benzene rings is 12. The maximum atomic E-state index is 3.92. The molecule has 276 valence electrons. The first kappa shape index (κ1) is 35.1. The van der Waals surface area contributed by atoms with Crippen molar-refractivity contribution in [3.8, 4) is 33.4 Å². The van der Waals surface area contributed by atoms with Crippen LogP contribution in [0, 0.1) is 0 Å². The number of rotatable bonds is 3. The van der Waals surface area contributed by atoms with E-state index in [4.69, 9.17) is 0 Å². The van der Waals surface area contributed by atoms with Crippen molar-refractivity contribution in [2.24, 2.45) is 0 Å². The molecule has 0 aliphatic carbocycles. The second kappa shape index (κ2) is 13.6. The van der Waals surface area contributed by atoms with E-state index in [1.165, 1.54) is 120 Å². The Morgan fingerprint density at radius 1 is 0.220 bits per heavy atom. The zero-order chi connectivity index (χ0) is 39.4. The summed E-state index contributed by atoms with van der Waals surface area (Å²) in [6.45, 7) is 0. The summed E-state index contributed by atoms with van der Waals surface area (Å²) in [5.74, 6) is 0. The minimum Gasteiger partial charge on any atom is -0.0616 e. The Balaban J connectivity index is 1.27. The van der Waals surface area contributed by atoms with Crippen LogP contribution in [0.25, 0.3) is 120 Å². The highest BCUT2D eigenvalue weighted by Gasteiger charge is 2.20. The molecule has 0 atom stereocenters. The van der Waals surface area contributed by atoms with Gasteiger partial charge in [0.2, 0.25) is 0 Å². The zero-order valence-corrected chi connectivity index (χ0v) is 36.3. The fourth-order valence-electron chi connectivity index (χ4n) is 9.83. The lowest BCUT2D eigenvalue weighted by atomic mass is 9.84. The van der Waals surface area contributed by atoms with Crippen molar-refractivity contribution in [2.45, 2.75) is 0 Å². The molecular formula is C56H31Br3. The molecule has 0 aliphatic rings. The number of hydrogen-bond acceptors (Lipinski definition) is 0. The molecule has 12 rings (SSSR count). The molecule has 0 radical (unpaired) electrons. The summed E-state index contributed by atoms with van der Waals surface area (Å²) < 4.78 is 3.30. The van der Waals surface area contributed by atoms with Gasteiger partial charge < -0.3 is 0 Å². The molecule has 0 spiro atoms. The van der Waals surface area contributed by atoms with E-state index in [-0.39, 0.29) is 0 Å². The van der Waals surface area contributed by atoms with Crippen molar-refractivity contribution >= 4 is 134 Å². The summed E-state index contributed by atoms with van der Waals surface area (Å²) >= 11 is 11.7. The standard InChI is InChI=1S/C56H31Br3/c57-49-20-6-12-32-9-3-17-38(52(32)49)35-24-27-43-44-28-25-37(40-19-5-11-34-14-8-22-51(59)54(34)40)31-48(44)56-47-30-36(39-18-4-10-33-13-7-21-50(58)53(33)39)23-26-42(47)41-15-1-2-16-45(41)55(56)46(43)29-35/h1-31H. The average Bonchev–Trinajstić information content (AvgIpc) is 3.28. The molecular weight excluding hydrogens is 912 g/mol. The van der Waals surface area contributed by atoms with E-state index < -0.39 is 0 Å². The van der Waals surface area contributed by atoms with E-state index in [1.807, 2.05) is 0 Å². The molecule has 0 amide bonds. The van der Waals surface area contributed by atoms with Crippen molar-refractivity contribution in [2.75, 3.05) is 0 Å². The molecule has 12 aromatic rings. The van der Waals surface area contributed by atoms with Gasteiger partial charge in [0.1, 0.15) is 0 Å². The van der Waals surface area contributed by atoms with Gasteiger partial charge in [-0.15, -0.1) is 0 Å². The number of halogens is 3. The third kappa shape index (κ3) is 5.38. The molecule has 0 N–H and O–H groups in total. The molecule has 3 heteroatoms. The summed E-state index contributed by atoms with van der Waals surface area (Å²) in [4.78, 5) is 0. The van der Waals surface area contributed by atoms with Crippen LogP contribution in [0.15, 0.2) is 201 Å². The van der Waals surface area contributed by atoms with Crippen LogP contribution in [0.1, 0.15) is 0 Å². The van der Waals surface area contributed by atoms with Gasteiger partial charge in [-0.3, -0.25) is 0 Å². The van der Waals surface area contributed by atoms with Gasteiger partial charge in [0.15, 0.2) is 0 Å². The number of fused-ring (bicyclic) bond motifs is 14. The minimum atomic E-state index is 1.10. The smallest absolute Gasteiger partial charge is 0.0259 e. The molecule has 0 saturated carbocycles. The Hall–Kier alpha value is -5.84. The lowest BCUT2D eigenvalue weighted by Gasteiger charge is -2.19. The quantitative estimate of drug-likeness (QED) is 0.155. The Morgan fingerprint density at radius 3 is 0.898 bits per heavy atom. The first-order valence-electron chi connectivity index (χ1n) is 19.8. The van der Waals surface area contributed by atoms with Gasteiger partial charge in [-0.05, 0) is 140 Å². The zero-order valence-electron chi connectivity index (χ0n) is 31.5. The molecule has 0 unspecified atom stereocenters.